The predicted molar refractivity (Wildman–Crippen MR) is 103 cm³/mol. The average molecular weight is 400 g/mol. The van der Waals surface area contributed by atoms with E-state index in [1.807, 2.05) is 24.3 Å². The lowest BCUT2D eigenvalue weighted by Crippen LogP contribution is -2.43. The van der Waals surface area contributed by atoms with E-state index in [1.54, 1.807) is 18.2 Å². The first kappa shape index (κ1) is 18.3. The van der Waals surface area contributed by atoms with Crippen LogP contribution in [0.15, 0.2) is 42.5 Å². The molecule has 4 amide bonds. The summed E-state index contributed by atoms with van der Waals surface area (Å²) < 4.78 is 5.20. The molecule has 2 N–H and O–H groups in total. The maximum atomic E-state index is 13.1. The Balaban J connectivity index is 1.53. The Hall–Kier alpha value is -3.06. The molecule has 1 spiro atoms. The highest BCUT2D eigenvalue weighted by atomic mass is 35.5. The van der Waals surface area contributed by atoms with E-state index in [4.69, 9.17) is 16.3 Å². The third kappa shape index (κ3) is 2.88. The summed E-state index contributed by atoms with van der Waals surface area (Å²) in [6, 6.07) is 11.8. The molecule has 1 saturated heterocycles. The van der Waals surface area contributed by atoms with Crippen LogP contribution in [0.3, 0.4) is 0 Å². The zero-order valence-corrected chi connectivity index (χ0v) is 15.9. The van der Waals surface area contributed by atoms with Crippen LogP contribution in [0.5, 0.6) is 5.75 Å². The second-order valence-electron chi connectivity index (χ2n) is 6.78. The van der Waals surface area contributed by atoms with Gasteiger partial charge in [-0.1, -0.05) is 35.9 Å². The van der Waals surface area contributed by atoms with Crippen molar-refractivity contribution < 1.29 is 19.1 Å². The molecule has 0 bridgehead atoms. The van der Waals surface area contributed by atoms with Gasteiger partial charge in [-0.3, -0.25) is 14.5 Å². The Bertz CT molecular complexity index is 993. The molecule has 1 fully saturated rings. The second kappa shape index (κ2) is 6.83. The van der Waals surface area contributed by atoms with Gasteiger partial charge in [-0.15, -0.1) is 0 Å². The Kier molecular flexibility index (Phi) is 4.47. The number of carbonyl (C=O) groups excluding carboxylic acids is 3. The van der Waals surface area contributed by atoms with Crippen molar-refractivity contribution in [2.75, 3.05) is 19.0 Å². The van der Waals surface area contributed by atoms with Crippen LogP contribution in [0.4, 0.5) is 10.5 Å². The molecule has 0 saturated carbocycles. The monoisotopic (exact) mass is 399 g/mol. The van der Waals surface area contributed by atoms with Crippen LogP contribution >= 0.6 is 11.6 Å². The molecular weight excluding hydrogens is 382 g/mol. The van der Waals surface area contributed by atoms with Crippen LogP contribution < -0.4 is 15.4 Å². The van der Waals surface area contributed by atoms with Crippen molar-refractivity contribution in [3.8, 4) is 5.75 Å². The highest BCUT2D eigenvalue weighted by Crippen LogP contribution is 2.41. The SMILES string of the molecule is COc1ccc(Cl)cc1NC(=O)CN1C(=O)NC2(CCc3ccccc32)C1=O. The fraction of sp³-hybridized carbons (Fsp3) is 0.250. The second-order valence-corrected chi connectivity index (χ2v) is 7.21. The zero-order chi connectivity index (χ0) is 19.9. The summed E-state index contributed by atoms with van der Waals surface area (Å²) in [6.07, 6.45) is 1.18. The number of urea groups is 1. The first-order valence-corrected chi connectivity index (χ1v) is 9.18. The molecule has 0 aromatic heterocycles. The van der Waals surface area contributed by atoms with Crippen molar-refractivity contribution in [1.82, 2.24) is 10.2 Å². The summed E-state index contributed by atoms with van der Waals surface area (Å²) in [7, 11) is 1.47. The number of aryl methyl sites for hydroxylation is 1. The molecule has 8 heteroatoms. The standard InChI is InChI=1S/C20H18ClN3O4/c1-28-16-7-6-13(21)10-15(16)22-17(25)11-24-18(26)20(23-19(24)27)9-8-12-4-2-3-5-14(12)20/h2-7,10H,8-9,11H2,1H3,(H,22,25)(H,23,27). The fourth-order valence-electron chi connectivity index (χ4n) is 3.84. The van der Waals surface area contributed by atoms with Gasteiger partial charge < -0.3 is 15.4 Å². The van der Waals surface area contributed by atoms with Crippen molar-refractivity contribution in [2.45, 2.75) is 18.4 Å². The van der Waals surface area contributed by atoms with Crippen molar-refractivity contribution >= 4 is 35.1 Å². The fourth-order valence-corrected chi connectivity index (χ4v) is 4.02. The summed E-state index contributed by atoms with van der Waals surface area (Å²) in [5.74, 6) is -0.501. The van der Waals surface area contributed by atoms with E-state index in [9.17, 15) is 14.4 Å². The smallest absolute Gasteiger partial charge is 0.325 e. The molecule has 2 aromatic rings. The van der Waals surface area contributed by atoms with Crippen molar-refractivity contribution in [2.24, 2.45) is 0 Å². The maximum absolute atomic E-state index is 13.1. The van der Waals surface area contributed by atoms with Gasteiger partial charge in [0.05, 0.1) is 12.8 Å². The van der Waals surface area contributed by atoms with Gasteiger partial charge in [0.1, 0.15) is 17.8 Å². The van der Waals surface area contributed by atoms with E-state index >= 15 is 0 Å². The van der Waals surface area contributed by atoms with Crippen LogP contribution in [0.2, 0.25) is 5.02 Å². The number of nitrogens with zero attached hydrogens (tertiary/aromatic N) is 1. The number of anilines is 1. The number of halogens is 1. The molecule has 1 unspecified atom stereocenters. The molecule has 1 heterocycles. The van der Waals surface area contributed by atoms with E-state index in [2.05, 4.69) is 10.6 Å². The van der Waals surface area contributed by atoms with Gasteiger partial charge in [0.15, 0.2) is 0 Å². The highest BCUT2D eigenvalue weighted by molar-refractivity contribution is 6.31. The van der Waals surface area contributed by atoms with Gasteiger partial charge in [-0.05, 0) is 42.2 Å². The molecule has 1 atom stereocenters. The third-order valence-corrected chi connectivity index (χ3v) is 5.39. The molecular formula is C20H18ClN3O4. The number of amides is 4. The highest BCUT2D eigenvalue weighted by Gasteiger charge is 2.55. The minimum absolute atomic E-state index is 0.368. The van der Waals surface area contributed by atoms with Gasteiger partial charge in [-0.25, -0.2) is 4.79 Å². The largest absolute Gasteiger partial charge is 0.495 e. The first-order valence-electron chi connectivity index (χ1n) is 8.80. The summed E-state index contributed by atoms with van der Waals surface area (Å²) >= 11 is 5.97. The van der Waals surface area contributed by atoms with E-state index in [0.717, 1.165) is 16.0 Å². The minimum Gasteiger partial charge on any atom is -0.495 e. The van der Waals surface area contributed by atoms with Gasteiger partial charge in [0, 0.05) is 5.02 Å². The molecule has 2 aliphatic rings. The number of ether oxygens (including phenoxy) is 1. The normalized spacial score (nSPS) is 20.3. The predicted octanol–water partition coefficient (Wildman–Crippen LogP) is 2.68. The van der Waals surface area contributed by atoms with Crippen LogP contribution in [-0.2, 0) is 21.5 Å². The minimum atomic E-state index is -1.08. The summed E-state index contributed by atoms with van der Waals surface area (Å²) in [6.45, 7) is -0.399. The van der Waals surface area contributed by atoms with Gasteiger partial charge in [-0.2, -0.15) is 0 Å². The van der Waals surface area contributed by atoms with Crippen molar-refractivity contribution in [1.29, 1.82) is 0 Å². The van der Waals surface area contributed by atoms with Gasteiger partial charge in [0.25, 0.3) is 5.91 Å². The number of hydrogen-bond acceptors (Lipinski definition) is 4. The lowest BCUT2D eigenvalue weighted by Gasteiger charge is -2.22. The number of rotatable bonds is 4. The van der Waals surface area contributed by atoms with Crippen LogP contribution in [0.25, 0.3) is 0 Å². The molecule has 1 aliphatic heterocycles. The number of hydrogen-bond donors (Lipinski definition) is 2. The Labute approximate surface area is 166 Å². The van der Waals surface area contributed by atoms with E-state index in [1.165, 1.54) is 7.11 Å². The molecule has 144 valence electrons. The first-order chi connectivity index (χ1) is 13.4. The van der Waals surface area contributed by atoms with E-state index in [-0.39, 0.29) is 0 Å². The number of fused-ring (bicyclic) bond motifs is 2. The molecule has 4 rings (SSSR count). The summed E-state index contributed by atoms with van der Waals surface area (Å²) in [4.78, 5) is 39.0. The van der Waals surface area contributed by atoms with Crippen LogP contribution in [-0.4, -0.2) is 36.4 Å². The van der Waals surface area contributed by atoms with Crippen molar-refractivity contribution in [3.63, 3.8) is 0 Å². The Morgan fingerprint density at radius 1 is 1.29 bits per heavy atom. The van der Waals surface area contributed by atoms with Gasteiger partial charge in [0.2, 0.25) is 5.91 Å². The number of benzene rings is 2. The quantitative estimate of drug-likeness (QED) is 0.774. The van der Waals surface area contributed by atoms with Gasteiger partial charge >= 0.3 is 6.03 Å². The Morgan fingerprint density at radius 3 is 2.86 bits per heavy atom. The molecule has 2 aromatic carbocycles. The molecule has 28 heavy (non-hydrogen) atoms. The Morgan fingerprint density at radius 2 is 2.07 bits per heavy atom. The zero-order valence-electron chi connectivity index (χ0n) is 15.1. The lowest BCUT2D eigenvalue weighted by atomic mass is 9.92. The molecule has 7 nitrogen and oxygen atoms in total. The number of carbonyl (C=O) groups is 3. The number of nitrogens with one attached hydrogen (secondary N) is 2. The number of imide groups is 1. The van der Waals surface area contributed by atoms with Crippen molar-refractivity contribution in [3.05, 3.63) is 58.6 Å². The van der Waals surface area contributed by atoms with E-state index < -0.39 is 29.9 Å². The summed E-state index contributed by atoms with van der Waals surface area (Å²) in [5.41, 5.74) is 1.12. The van der Waals surface area contributed by atoms with Crippen LogP contribution in [0.1, 0.15) is 17.5 Å². The lowest BCUT2D eigenvalue weighted by molar-refractivity contribution is -0.134. The van der Waals surface area contributed by atoms with E-state index in [0.29, 0.717) is 29.3 Å². The molecule has 0 radical (unpaired) electrons. The maximum Gasteiger partial charge on any atom is 0.325 e. The van der Waals surface area contributed by atoms with Crippen LogP contribution in [0, 0.1) is 0 Å². The summed E-state index contributed by atoms with van der Waals surface area (Å²) in [5, 5.41) is 5.87. The average Bonchev–Trinajstić information content (AvgIpc) is 3.16. The molecule has 1 aliphatic carbocycles. The number of methoxy groups -OCH3 is 1. The third-order valence-electron chi connectivity index (χ3n) is 5.16. The topological polar surface area (TPSA) is 87.7 Å².